The number of aryl methyl sites for hydroxylation is 2. The van der Waals surface area contributed by atoms with Crippen LogP contribution in [0.4, 0.5) is 10.1 Å². The monoisotopic (exact) mass is 398 g/mol. The van der Waals surface area contributed by atoms with E-state index in [1.165, 1.54) is 12.1 Å². The lowest BCUT2D eigenvalue weighted by Gasteiger charge is -2.16. The smallest absolute Gasteiger partial charge is 0.290 e. The Labute approximate surface area is 167 Å². The summed E-state index contributed by atoms with van der Waals surface area (Å²) < 4.78 is 20.3. The van der Waals surface area contributed by atoms with Crippen molar-refractivity contribution in [2.45, 2.75) is 33.2 Å². The number of amides is 1. The summed E-state index contributed by atoms with van der Waals surface area (Å²) in [5.41, 5.74) is 6.96. The summed E-state index contributed by atoms with van der Waals surface area (Å²) in [5, 5.41) is 7.04. The lowest BCUT2D eigenvalue weighted by atomic mass is 10.1. The van der Waals surface area contributed by atoms with Crippen LogP contribution in [0.25, 0.3) is 11.3 Å². The molecule has 0 aliphatic heterocycles. The first-order valence-electron chi connectivity index (χ1n) is 9.25. The molecule has 0 aliphatic carbocycles. The van der Waals surface area contributed by atoms with Crippen LogP contribution in [-0.4, -0.2) is 22.2 Å². The molecule has 0 saturated carbocycles. The zero-order chi connectivity index (χ0) is 21.1. The third-order valence-corrected chi connectivity index (χ3v) is 4.68. The van der Waals surface area contributed by atoms with E-state index in [0.717, 1.165) is 4.68 Å². The quantitative estimate of drug-likeness (QED) is 0.665. The van der Waals surface area contributed by atoms with E-state index in [1.54, 1.807) is 38.1 Å². The number of carbonyl (C=O) groups is 1. The van der Waals surface area contributed by atoms with Gasteiger partial charge in [-0.1, -0.05) is 18.2 Å². The predicted molar refractivity (Wildman–Crippen MR) is 108 cm³/mol. The Morgan fingerprint density at radius 3 is 2.69 bits per heavy atom. The fourth-order valence-corrected chi connectivity index (χ4v) is 3.09. The van der Waals surface area contributed by atoms with E-state index in [-0.39, 0.29) is 18.0 Å². The molecule has 3 rings (SSSR count). The number of furan rings is 1. The number of hydrogen-bond donors (Lipinski definition) is 2. The average Bonchev–Trinajstić information content (AvgIpc) is 3.02. The zero-order valence-electron chi connectivity index (χ0n) is 16.5. The summed E-state index contributed by atoms with van der Waals surface area (Å²) >= 11 is 0. The van der Waals surface area contributed by atoms with E-state index in [9.17, 15) is 14.0 Å². The summed E-state index contributed by atoms with van der Waals surface area (Å²) in [6.07, 6.45) is 0.336. The van der Waals surface area contributed by atoms with E-state index in [0.29, 0.717) is 34.8 Å². The maximum Gasteiger partial charge on any atom is 0.290 e. The van der Waals surface area contributed by atoms with Crippen molar-refractivity contribution in [3.63, 3.8) is 0 Å². The fraction of sp³-hybridized carbons (Fsp3) is 0.286. The van der Waals surface area contributed by atoms with Crippen LogP contribution in [0.3, 0.4) is 0 Å². The van der Waals surface area contributed by atoms with E-state index in [1.807, 2.05) is 6.92 Å². The number of halogens is 1. The maximum absolute atomic E-state index is 13.7. The minimum Gasteiger partial charge on any atom is -0.466 e. The second-order valence-corrected chi connectivity index (χ2v) is 6.87. The van der Waals surface area contributed by atoms with Crippen molar-refractivity contribution < 1.29 is 13.6 Å². The predicted octanol–water partition coefficient (Wildman–Crippen LogP) is 2.76. The molecule has 0 saturated heterocycles. The fourth-order valence-electron chi connectivity index (χ4n) is 3.09. The Kier molecular flexibility index (Phi) is 5.81. The second kappa shape index (κ2) is 8.30. The molecule has 1 atom stereocenters. The SMILES string of the molecule is Cc1cc(-c2cc(N)c(=O)n([C@@H](C)C(=O)NCCc3ccccc3F)n2)c(C)o1. The molecule has 0 unspecified atom stereocenters. The summed E-state index contributed by atoms with van der Waals surface area (Å²) in [6, 6.07) is 8.76. The van der Waals surface area contributed by atoms with E-state index < -0.39 is 17.5 Å². The largest absolute Gasteiger partial charge is 0.466 e. The van der Waals surface area contributed by atoms with Crippen molar-refractivity contribution in [2.24, 2.45) is 0 Å². The Morgan fingerprint density at radius 1 is 1.31 bits per heavy atom. The molecule has 2 aromatic heterocycles. The van der Waals surface area contributed by atoms with Gasteiger partial charge < -0.3 is 15.5 Å². The van der Waals surface area contributed by atoms with Crippen LogP contribution in [0, 0.1) is 19.7 Å². The highest BCUT2D eigenvalue weighted by Crippen LogP contribution is 2.25. The van der Waals surface area contributed by atoms with Gasteiger partial charge in [0.2, 0.25) is 5.91 Å². The molecule has 0 aliphatic rings. The molecule has 8 heteroatoms. The minimum absolute atomic E-state index is 0.0146. The van der Waals surface area contributed by atoms with Crippen LogP contribution in [-0.2, 0) is 11.2 Å². The molecular formula is C21H23FN4O3. The van der Waals surface area contributed by atoms with Crippen LogP contribution in [0.15, 0.2) is 45.6 Å². The molecule has 0 spiro atoms. The topological polar surface area (TPSA) is 103 Å². The van der Waals surface area contributed by atoms with Gasteiger partial charge in [-0.05, 0) is 51.0 Å². The van der Waals surface area contributed by atoms with Gasteiger partial charge in [0.1, 0.15) is 29.1 Å². The molecule has 0 bridgehead atoms. The number of nitrogen functional groups attached to an aromatic ring is 1. The average molecular weight is 398 g/mol. The first-order chi connectivity index (χ1) is 13.8. The number of anilines is 1. The third kappa shape index (κ3) is 4.37. The standard InChI is InChI=1S/C21H23FN4O3/c1-12-10-16(14(3)29-12)19-11-18(23)21(28)26(25-19)13(2)20(27)24-9-8-15-6-4-5-7-17(15)22/h4-7,10-11,13H,8-9,23H2,1-3H3,(H,24,27)/t13-/m0/s1. The van der Waals surface area contributed by atoms with Crippen LogP contribution >= 0.6 is 0 Å². The van der Waals surface area contributed by atoms with E-state index >= 15 is 0 Å². The second-order valence-electron chi connectivity index (χ2n) is 6.87. The first kappa shape index (κ1) is 20.3. The van der Waals surface area contributed by atoms with Gasteiger partial charge in [-0.25, -0.2) is 9.07 Å². The number of nitrogens with zero attached hydrogens (tertiary/aromatic N) is 2. The Morgan fingerprint density at radius 2 is 2.03 bits per heavy atom. The number of hydrogen-bond acceptors (Lipinski definition) is 5. The molecular weight excluding hydrogens is 375 g/mol. The normalized spacial score (nSPS) is 12.0. The Hall–Kier alpha value is -3.42. The molecule has 1 amide bonds. The number of nitrogens with one attached hydrogen (secondary N) is 1. The van der Waals surface area contributed by atoms with E-state index in [2.05, 4.69) is 10.4 Å². The van der Waals surface area contributed by atoms with Crippen molar-refractivity contribution in [3.05, 3.63) is 69.7 Å². The number of benzene rings is 1. The third-order valence-electron chi connectivity index (χ3n) is 4.68. The lowest BCUT2D eigenvalue weighted by Crippen LogP contribution is -2.38. The van der Waals surface area contributed by atoms with Gasteiger partial charge in [-0.2, -0.15) is 5.10 Å². The Bertz CT molecular complexity index is 1100. The van der Waals surface area contributed by atoms with Crippen LogP contribution < -0.4 is 16.6 Å². The Balaban J connectivity index is 1.78. The number of aromatic nitrogens is 2. The highest BCUT2D eigenvalue weighted by atomic mass is 19.1. The van der Waals surface area contributed by atoms with Crippen LogP contribution in [0.1, 0.15) is 30.0 Å². The molecule has 0 radical (unpaired) electrons. The van der Waals surface area contributed by atoms with Gasteiger partial charge in [-0.3, -0.25) is 9.59 Å². The van der Waals surface area contributed by atoms with Gasteiger partial charge >= 0.3 is 0 Å². The van der Waals surface area contributed by atoms with Crippen LogP contribution in [0.2, 0.25) is 0 Å². The van der Waals surface area contributed by atoms with E-state index in [4.69, 9.17) is 10.2 Å². The lowest BCUT2D eigenvalue weighted by molar-refractivity contribution is -0.124. The highest BCUT2D eigenvalue weighted by molar-refractivity contribution is 5.80. The summed E-state index contributed by atoms with van der Waals surface area (Å²) in [6.45, 7) is 5.38. The van der Waals surface area contributed by atoms with Gasteiger partial charge in [0.05, 0.1) is 5.69 Å². The first-order valence-corrected chi connectivity index (χ1v) is 9.25. The van der Waals surface area contributed by atoms with Crippen molar-refractivity contribution in [1.82, 2.24) is 15.1 Å². The van der Waals surface area contributed by atoms with Gasteiger partial charge in [0.25, 0.3) is 5.56 Å². The summed E-state index contributed by atoms with van der Waals surface area (Å²) in [7, 11) is 0. The van der Waals surface area contributed by atoms with Gasteiger partial charge in [-0.15, -0.1) is 0 Å². The van der Waals surface area contributed by atoms with Crippen molar-refractivity contribution in [3.8, 4) is 11.3 Å². The van der Waals surface area contributed by atoms with Crippen molar-refractivity contribution in [1.29, 1.82) is 0 Å². The molecule has 2 heterocycles. The molecule has 152 valence electrons. The number of carbonyl (C=O) groups excluding carboxylic acids is 1. The summed E-state index contributed by atoms with van der Waals surface area (Å²) in [5.74, 6) is 0.614. The molecule has 29 heavy (non-hydrogen) atoms. The van der Waals surface area contributed by atoms with Crippen LogP contribution in [0.5, 0.6) is 0 Å². The van der Waals surface area contributed by atoms with Gasteiger partial charge in [0.15, 0.2) is 0 Å². The molecule has 3 N–H and O–H groups in total. The number of nitrogens with two attached hydrogens (primary N) is 1. The molecule has 0 fully saturated rings. The zero-order valence-corrected chi connectivity index (χ0v) is 16.5. The minimum atomic E-state index is -0.890. The molecule has 3 aromatic rings. The number of rotatable bonds is 6. The maximum atomic E-state index is 13.7. The molecule has 7 nitrogen and oxygen atoms in total. The molecule has 1 aromatic carbocycles. The highest BCUT2D eigenvalue weighted by Gasteiger charge is 2.21. The van der Waals surface area contributed by atoms with Crippen molar-refractivity contribution >= 4 is 11.6 Å². The van der Waals surface area contributed by atoms with Gasteiger partial charge in [0, 0.05) is 12.1 Å². The van der Waals surface area contributed by atoms with Crippen molar-refractivity contribution in [2.75, 3.05) is 12.3 Å². The summed E-state index contributed by atoms with van der Waals surface area (Å²) in [4.78, 5) is 25.0.